The second-order valence-electron chi connectivity index (χ2n) is 10.5. The molecule has 3 atom stereocenters. The Bertz CT molecular complexity index is 1390. The van der Waals surface area contributed by atoms with Crippen molar-refractivity contribution in [2.75, 3.05) is 31.1 Å². The number of carboxylic acid groups (broad SMARTS) is 1. The van der Waals surface area contributed by atoms with E-state index in [1.54, 1.807) is 0 Å². The molecule has 0 saturated carbocycles. The Morgan fingerprint density at radius 3 is 2.37 bits per heavy atom. The highest BCUT2D eigenvalue weighted by Gasteiger charge is 2.47. The van der Waals surface area contributed by atoms with E-state index >= 15 is 4.39 Å². The van der Waals surface area contributed by atoms with Crippen LogP contribution in [0.15, 0.2) is 41.3 Å². The number of hydrogen-bond donors (Lipinski definition) is 2. The molecule has 0 aromatic heterocycles. The van der Waals surface area contributed by atoms with E-state index in [-0.39, 0.29) is 25.2 Å². The van der Waals surface area contributed by atoms with Crippen LogP contribution in [0.1, 0.15) is 31.7 Å². The lowest BCUT2D eigenvalue weighted by Crippen LogP contribution is -2.39. The van der Waals surface area contributed by atoms with Crippen molar-refractivity contribution in [1.29, 1.82) is 0 Å². The fraction of sp³-hybridized carbons (Fsp3) is 0.500. The number of hydrogen-bond acceptors (Lipinski definition) is 6. The van der Waals surface area contributed by atoms with Gasteiger partial charge >= 0.3 is 12.1 Å². The molecule has 2 aromatic rings. The van der Waals surface area contributed by atoms with Gasteiger partial charge in [0.2, 0.25) is 21.3 Å². The van der Waals surface area contributed by atoms with Crippen LogP contribution in [0.5, 0.6) is 5.75 Å². The molecule has 1 saturated heterocycles. The standard InChI is InChI=1S/C26H27F7N2O5S/c1-24(29,30)7-6-15-12-35(17-4-2-16(27)3-5-17)19-10-18(26(31,32)33)20(11-21(19)41(38,39)22(15)28)40-14-25(23(36)37)8-9-34-13-25/h2-5,10-11,15,22,34H,6-9,12-14H2,1H3,(H,36,37)/t15-,22+,25+/m1/s1. The van der Waals surface area contributed by atoms with Gasteiger partial charge in [0.15, 0.2) is 0 Å². The first kappa shape index (κ1) is 30.9. The average Bonchev–Trinajstić information content (AvgIpc) is 3.34. The van der Waals surface area contributed by atoms with Crippen LogP contribution in [0.25, 0.3) is 0 Å². The molecule has 0 radical (unpaired) electrons. The Morgan fingerprint density at radius 1 is 1.17 bits per heavy atom. The second-order valence-corrected chi connectivity index (χ2v) is 12.4. The van der Waals surface area contributed by atoms with Crippen molar-refractivity contribution in [1.82, 2.24) is 5.32 Å². The minimum Gasteiger partial charge on any atom is -0.492 e. The number of fused-ring (bicyclic) bond motifs is 1. The predicted octanol–water partition coefficient (Wildman–Crippen LogP) is 5.56. The number of ether oxygens (including phenoxy) is 1. The highest BCUT2D eigenvalue weighted by atomic mass is 32.2. The summed E-state index contributed by atoms with van der Waals surface area (Å²) in [4.78, 5) is 12.0. The Kier molecular flexibility index (Phi) is 8.26. The number of rotatable bonds is 8. The average molecular weight is 613 g/mol. The summed E-state index contributed by atoms with van der Waals surface area (Å²) < 4.78 is 132. The molecule has 1 fully saturated rings. The van der Waals surface area contributed by atoms with Crippen molar-refractivity contribution in [3.8, 4) is 5.75 Å². The van der Waals surface area contributed by atoms with Gasteiger partial charge in [-0.05, 0) is 56.6 Å². The van der Waals surface area contributed by atoms with Gasteiger partial charge in [0.1, 0.15) is 23.6 Å². The van der Waals surface area contributed by atoms with Gasteiger partial charge in [0.25, 0.3) is 0 Å². The lowest BCUT2D eigenvalue weighted by molar-refractivity contribution is -0.149. The van der Waals surface area contributed by atoms with E-state index in [4.69, 9.17) is 4.74 Å². The van der Waals surface area contributed by atoms with E-state index in [2.05, 4.69) is 5.32 Å². The van der Waals surface area contributed by atoms with Gasteiger partial charge in [-0.2, -0.15) is 13.2 Å². The number of halogens is 7. The van der Waals surface area contributed by atoms with Crippen molar-refractivity contribution in [3.05, 3.63) is 47.8 Å². The molecule has 15 heteroatoms. The zero-order chi connectivity index (χ0) is 30.4. The summed E-state index contributed by atoms with van der Waals surface area (Å²) in [5.41, 5.74) is -6.44. The van der Waals surface area contributed by atoms with Gasteiger partial charge in [-0.1, -0.05) is 0 Å². The number of carboxylic acids is 1. The van der Waals surface area contributed by atoms with Gasteiger partial charge in [0, 0.05) is 37.2 Å². The first-order valence-electron chi connectivity index (χ1n) is 12.6. The number of anilines is 2. The summed E-state index contributed by atoms with van der Waals surface area (Å²) in [7, 11) is -5.08. The van der Waals surface area contributed by atoms with Crippen molar-refractivity contribution in [3.63, 3.8) is 0 Å². The Hall–Kier alpha value is -3.07. The van der Waals surface area contributed by atoms with Crippen LogP contribution in [-0.2, 0) is 20.8 Å². The zero-order valence-electron chi connectivity index (χ0n) is 21.6. The highest BCUT2D eigenvalue weighted by molar-refractivity contribution is 7.92. The van der Waals surface area contributed by atoms with Gasteiger partial charge < -0.3 is 20.1 Å². The smallest absolute Gasteiger partial charge is 0.420 e. The molecule has 41 heavy (non-hydrogen) atoms. The van der Waals surface area contributed by atoms with Crippen LogP contribution in [0.3, 0.4) is 0 Å². The summed E-state index contributed by atoms with van der Waals surface area (Å²) in [6, 6.07) is 5.12. The molecule has 226 valence electrons. The largest absolute Gasteiger partial charge is 0.492 e. The normalized spacial score (nSPS) is 24.5. The summed E-state index contributed by atoms with van der Waals surface area (Å²) in [5.74, 6) is -7.95. The van der Waals surface area contributed by atoms with Crippen LogP contribution in [0, 0.1) is 17.2 Å². The third-order valence-corrected chi connectivity index (χ3v) is 9.26. The third-order valence-electron chi connectivity index (χ3n) is 7.34. The maximum Gasteiger partial charge on any atom is 0.420 e. The van der Waals surface area contributed by atoms with Gasteiger partial charge in [-0.25, -0.2) is 26.0 Å². The Morgan fingerprint density at radius 2 is 1.83 bits per heavy atom. The van der Waals surface area contributed by atoms with Crippen molar-refractivity contribution >= 4 is 27.2 Å². The molecule has 2 aliphatic rings. The maximum absolute atomic E-state index is 15.7. The minimum atomic E-state index is -5.13. The number of nitrogens with zero attached hydrogens (tertiary/aromatic N) is 1. The highest BCUT2D eigenvalue weighted by Crippen LogP contribution is 2.48. The summed E-state index contributed by atoms with van der Waals surface area (Å²) in [5, 5.41) is 12.5. The first-order valence-corrected chi connectivity index (χ1v) is 14.1. The number of sulfone groups is 1. The van der Waals surface area contributed by atoms with Crippen LogP contribution in [0.2, 0.25) is 0 Å². The van der Waals surface area contributed by atoms with Crippen LogP contribution < -0.4 is 15.0 Å². The zero-order valence-corrected chi connectivity index (χ0v) is 22.5. The van der Waals surface area contributed by atoms with Gasteiger partial charge in [-0.3, -0.25) is 4.79 Å². The van der Waals surface area contributed by atoms with Crippen LogP contribution in [0.4, 0.5) is 42.1 Å². The third kappa shape index (κ3) is 6.40. The summed E-state index contributed by atoms with van der Waals surface area (Å²) >= 11 is 0. The molecule has 2 N–H and O–H groups in total. The molecule has 0 spiro atoms. The predicted molar refractivity (Wildman–Crippen MR) is 133 cm³/mol. The molecular formula is C26H27F7N2O5S. The van der Waals surface area contributed by atoms with E-state index in [1.165, 1.54) is 0 Å². The number of alkyl halides is 6. The van der Waals surface area contributed by atoms with Gasteiger partial charge in [-0.15, -0.1) is 0 Å². The molecule has 2 aliphatic heterocycles. The quantitative estimate of drug-likeness (QED) is 0.377. The monoisotopic (exact) mass is 612 g/mol. The van der Waals surface area contributed by atoms with E-state index < -0.39 is 98.4 Å². The lowest BCUT2D eigenvalue weighted by Gasteiger charge is -2.29. The molecule has 2 aromatic carbocycles. The molecule has 7 nitrogen and oxygen atoms in total. The van der Waals surface area contributed by atoms with Crippen LogP contribution >= 0.6 is 0 Å². The Balaban J connectivity index is 1.88. The maximum atomic E-state index is 15.7. The number of carbonyl (C=O) groups is 1. The van der Waals surface area contributed by atoms with Crippen molar-refractivity contribution < 1.29 is 53.8 Å². The first-order chi connectivity index (χ1) is 18.9. The fourth-order valence-corrected chi connectivity index (χ4v) is 6.68. The van der Waals surface area contributed by atoms with E-state index in [0.717, 1.165) is 29.2 Å². The molecule has 4 rings (SSSR count). The topological polar surface area (TPSA) is 95.9 Å². The summed E-state index contributed by atoms with van der Waals surface area (Å²) in [6.07, 6.45) is -6.62. The van der Waals surface area contributed by atoms with Gasteiger partial charge in [0.05, 0.1) is 16.1 Å². The number of nitrogens with one attached hydrogen (secondary N) is 1. The number of aliphatic carboxylic acids is 1. The minimum absolute atomic E-state index is 0.00568. The Labute approximate surface area is 231 Å². The fourth-order valence-electron chi connectivity index (χ4n) is 4.97. The molecule has 0 amide bonds. The van der Waals surface area contributed by atoms with Crippen molar-refractivity contribution in [2.24, 2.45) is 11.3 Å². The molecule has 0 unspecified atom stereocenters. The van der Waals surface area contributed by atoms with E-state index in [9.17, 15) is 44.7 Å². The lowest BCUT2D eigenvalue weighted by atomic mass is 9.88. The molecule has 2 heterocycles. The molecule has 0 aliphatic carbocycles. The molecule has 0 bridgehead atoms. The summed E-state index contributed by atoms with van der Waals surface area (Å²) in [6.45, 7) is -0.635. The molecular weight excluding hydrogens is 585 g/mol. The SMILES string of the molecule is CC(F)(F)CC[C@@H]1CN(c2ccc(F)cc2)c2cc(C(F)(F)F)c(OC[C@]3(C(=O)O)CCNC3)cc2S(=O)(=O)[C@@H]1F. The van der Waals surface area contributed by atoms with E-state index in [0.29, 0.717) is 19.1 Å². The van der Waals surface area contributed by atoms with Crippen molar-refractivity contribution in [2.45, 2.75) is 48.7 Å². The number of benzene rings is 2. The second kappa shape index (κ2) is 11.0. The van der Waals surface area contributed by atoms with Crippen LogP contribution in [-0.4, -0.2) is 57.2 Å². The van der Waals surface area contributed by atoms with E-state index in [1.807, 2.05) is 0 Å².